The summed E-state index contributed by atoms with van der Waals surface area (Å²) >= 11 is 0. The van der Waals surface area contributed by atoms with Gasteiger partial charge in [-0.15, -0.1) is 10.2 Å². The number of carbonyl (C=O) groups is 2. The first-order valence-electron chi connectivity index (χ1n) is 13.2. The molecule has 0 saturated carbocycles. The quantitative estimate of drug-likeness (QED) is 0.315. The Morgan fingerprint density at radius 1 is 0.952 bits per heavy atom. The molecule has 3 aromatic heterocycles. The number of nitrogens with one attached hydrogen (secondary N) is 1. The lowest BCUT2D eigenvalue weighted by Crippen LogP contribution is -2.50. The van der Waals surface area contributed by atoms with E-state index in [1.165, 1.54) is 6.92 Å². The molecule has 214 valence electrons. The monoisotopic (exact) mass is 572 g/mol. The van der Waals surface area contributed by atoms with E-state index < -0.39 is 12.6 Å². The van der Waals surface area contributed by atoms with E-state index >= 15 is 0 Å². The van der Waals surface area contributed by atoms with Gasteiger partial charge >= 0.3 is 6.55 Å². The van der Waals surface area contributed by atoms with Crippen molar-refractivity contribution in [2.24, 2.45) is 0 Å². The average Bonchev–Trinajstić information content (AvgIpc) is 3.66. The molecule has 0 radical (unpaired) electrons. The van der Waals surface area contributed by atoms with Gasteiger partial charge in [0, 0.05) is 56.6 Å². The topological polar surface area (TPSA) is 127 Å². The molecule has 2 amide bonds. The molecule has 0 bridgehead atoms. The largest absolute Gasteiger partial charge is 0.350 e. The minimum absolute atomic E-state index is 0.161. The molecule has 14 heteroatoms. The number of fused-ring (bicyclic) bond motifs is 1. The Hall–Kier alpha value is -5.11. The van der Waals surface area contributed by atoms with Crippen molar-refractivity contribution in [2.75, 3.05) is 31.5 Å². The van der Waals surface area contributed by atoms with E-state index in [0.29, 0.717) is 42.4 Å². The molecule has 1 aliphatic rings. The standard InChI is InChI=1S/C28H26F2N10O2/c1-18(41)32-21-7-8-23-20(15-21)17-39(34-23)22-9-10-31-24(16-22)27(42)38-13-11-37(12-14-38)25(19-5-3-2-4-6-19)26-33-36-40(35-26)28(29)30/h2-10,15-17,25,28H,11-14H2,1H3,(H,32,41). The van der Waals surface area contributed by atoms with Crippen molar-refractivity contribution in [2.45, 2.75) is 19.5 Å². The third kappa shape index (κ3) is 5.56. The van der Waals surface area contributed by atoms with Crippen molar-refractivity contribution in [1.29, 1.82) is 0 Å². The van der Waals surface area contributed by atoms with Crippen molar-refractivity contribution in [3.05, 3.63) is 90.1 Å². The van der Waals surface area contributed by atoms with Crippen molar-refractivity contribution in [3.63, 3.8) is 0 Å². The van der Waals surface area contributed by atoms with Gasteiger partial charge in [-0.3, -0.25) is 19.5 Å². The number of hydrogen-bond donors (Lipinski definition) is 1. The van der Waals surface area contributed by atoms with E-state index in [1.54, 1.807) is 34.0 Å². The van der Waals surface area contributed by atoms with Gasteiger partial charge in [-0.2, -0.15) is 13.9 Å². The molecule has 0 spiro atoms. The first kappa shape index (κ1) is 27.1. The lowest BCUT2D eigenvalue weighted by atomic mass is 10.0. The second kappa shape index (κ2) is 11.4. The number of aromatic nitrogens is 7. The molecule has 2 aromatic carbocycles. The van der Waals surface area contributed by atoms with Crippen LogP contribution in [0.5, 0.6) is 0 Å². The number of hydrogen-bond acceptors (Lipinski definition) is 8. The van der Waals surface area contributed by atoms with E-state index in [0.717, 1.165) is 16.5 Å². The summed E-state index contributed by atoms with van der Waals surface area (Å²) in [6, 6.07) is 17.8. The third-order valence-corrected chi connectivity index (χ3v) is 7.00. The molecule has 42 heavy (non-hydrogen) atoms. The average molecular weight is 573 g/mol. The maximum absolute atomic E-state index is 13.5. The van der Waals surface area contributed by atoms with E-state index in [-0.39, 0.29) is 23.3 Å². The summed E-state index contributed by atoms with van der Waals surface area (Å²) in [5.74, 6) is -0.211. The van der Waals surface area contributed by atoms with Crippen LogP contribution in [0.25, 0.3) is 16.6 Å². The molecule has 5 aromatic rings. The van der Waals surface area contributed by atoms with E-state index in [4.69, 9.17) is 0 Å². The number of benzene rings is 2. The molecule has 0 aliphatic carbocycles. The van der Waals surface area contributed by atoms with Gasteiger partial charge in [-0.1, -0.05) is 35.1 Å². The first-order valence-corrected chi connectivity index (χ1v) is 13.2. The molecule has 1 N–H and O–H groups in total. The summed E-state index contributed by atoms with van der Waals surface area (Å²) in [7, 11) is 0. The van der Waals surface area contributed by atoms with Gasteiger partial charge in [-0.25, -0.2) is 4.68 Å². The van der Waals surface area contributed by atoms with Crippen LogP contribution < -0.4 is 5.32 Å². The number of alkyl halides is 2. The fourth-order valence-electron chi connectivity index (χ4n) is 5.05. The molecule has 1 saturated heterocycles. The third-order valence-electron chi connectivity index (χ3n) is 7.00. The van der Waals surface area contributed by atoms with Crippen LogP contribution in [0.2, 0.25) is 0 Å². The predicted molar refractivity (Wildman–Crippen MR) is 148 cm³/mol. The summed E-state index contributed by atoms with van der Waals surface area (Å²) in [5, 5.41) is 19.5. The van der Waals surface area contributed by atoms with E-state index in [9.17, 15) is 18.4 Å². The van der Waals surface area contributed by atoms with Gasteiger partial charge in [0.15, 0.2) is 5.82 Å². The Labute approximate surface area is 238 Å². The fourth-order valence-corrected chi connectivity index (χ4v) is 5.05. The maximum Gasteiger partial charge on any atom is 0.350 e. The SMILES string of the molecule is CC(=O)Nc1ccc2nn(-c3ccnc(C(=O)N4CCN(C(c5ccccc5)c5nnn(C(F)F)n5)CC4)c3)cc2c1. The Kier molecular flexibility index (Phi) is 7.35. The van der Waals surface area contributed by atoms with Gasteiger partial charge < -0.3 is 10.2 Å². The van der Waals surface area contributed by atoms with Crippen LogP contribution in [-0.2, 0) is 4.79 Å². The van der Waals surface area contributed by atoms with Crippen LogP contribution in [0, 0.1) is 0 Å². The predicted octanol–water partition coefficient (Wildman–Crippen LogP) is 3.31. The number of tetrazole rings is 1. The van der Waals surface area contributed by atoms with Crippen LogP contribution in [0.3, 0.4) is 0 Å². The first-order chi connectivity index (χ1) is 20.4. The highest BCUT2D eigenvalue weighted by atomic mass is 19.3. The number of anilines is 1. The lowest BCUT2D eigenvalue weighted by molar-refractivity contribution is -0.114. The molecule has 12 nitrogen and oxygen atoms in total. The van der Waals surface area contributed by atoms with Crippen LogP contribution >= 0.6 is 0 Å². The second-order valence-electron chi connectivity index (χ2n) is 9.81. The highest BCUT2D eigenvalue weighted by Gasteiger charge is 2.32. The Morgan fingerprint density at radius 3 is 2.45 bits per heavy atom. The van der Waals surface area contributed by atoms with E-state index in [2.05, 4.69) is 35.7 Å². The molecule has 1 aliphatic heterocycles. The zero-order chi connectivity index (χ0) is 29.2. The summed E-state index contributed by atoms with van der Waals surface area (Å²) in [6.45, 7) is 0.292. The highest BCUT2D eigenvalue weighted by Crippen LogP contribution is 2.28. The van der Waals surface area contributed by atoms with Gasteiger partial charge in [0.2, 0.25) is 5.91 Å². The minimum atomic E-state index is -2.89. The Bertz CT molecular complexity index is 1730. The molecule has 1 unspecified atom stereocenters. The number of carbonyl (C=O) groups excluding carboxylic acids is 2. The summed E-state index contributed by atoms with van der Waals surface area (Å²) in [5.41, 5.74) is 3.20. The van der Waals surface area contributed by atoms with E-state index in [1.807, 2.05) is 48.7 Å². The molecule has 1 fully saturated rings. The molecular formula is C28H26F2N10O2. The maximum atomic E-state index is 13.5. The van der Waals surface area contributed by atoms with Gasteiger partial charge in [0.1, 0.15) is 5.69 Å². The van der Waals surface area contributed by atoms with Crippen LogP contribution in [0.4, 0.5) is 14.5 Å². The van der Waals surface area contributed by atoms with Crippen LogP contribution in [-0.4, -0.2) is 82.8 Å². The zero-order valence-electron chi connectivity index (χ0n) is 22.5. The Morgan fingerprint density at radius 2 is 1.74 bits per heavy atom. The number of rotatable bonds is 7. The summed E-state index contributed by atoms with van der Waals surface area (Å²) in [6.07, 6.45) is 3.39. The van der Waals surface area contributed by atoms with Crippen molar-refractivity contribution >= 4 is 28.4 Å². The smallest absolute Gasteiger partial charge is 0.335 e. The molecule has 6 rings (SSSR count). The number of halogens is 2. The van der Waals surface area contributed by atoms with Crippen molar-refractivity contribution in [1.82, 2.24) is 44.8 Å². The zero-order valence-corrected chi connectivity index (χ0v) is 22.5. The minimum Gasteiger partial charge on any atom is -0.335 e. The molecule has 4 heterocycles. The van der Waals surface area contributed by atoms with Gasteiger partial charge in [-0.05, 0) is 41.1 Å². The van der Waals surface area contributed by atoms with Crippen molar-refractivity contribution in [3.8, 4) is 5.69 Å². The van der Waals surface area contributed by atoms with Gasteiger partial charge in [0.05, 0.1) is 17.2 Å². The number of nitrogens with zero attached hydrogens (tertiary/aromatic N) is 9. The van der Waals surface area contributed by atoms with Crippen LogP contribution in [0.1, 0.15) is 41.4 Å². The number of pyridine rings is 1. The van der Waals surface area contributed by atoms with Crippen LogP contribution in [0.15, 0.2) is 73.1 Å². The summed E-state index contributed by atoms with van der Waals surface area (Å²) < 4.78 is 28.0. The summed E-state index contributed by atoms with van der Waals surface area (Å²) in [4.78, 5) is 33.2. The van der Waals surface area contributed by atoms with Crippen molar-refractivity contribution < 1.29 is 18.4 Å². The fraction of sp³-hybridized carbons (Fsp3) is 0.250. The normalized spacial score (nSPS) is 14.8. The number of piperazine rings is 1. The lowest BCUT2D eigenvalue weighted by Gasteiger charge is -2.38. The second-order valence-corrected chi connectivity index (χ2v) is 9.81. The molecular weight excluding hydrogens is 546 g/mol. The van der Waals surface area contributed by atoms with Gasteiger partial charge in [0.25, 0.3) is 5.91 Å². The highest BCUT2D eigenvalue weighted by molar-refractivity contribution is 5.93. The Balaban J connectivity index is 1.18. The number of amides is 2. The molecule has 1 atom stereocenters.